The topological polar surface area (TPSA) is 61.8 Å². The first-order chi connectivity index (χ1) is 14.5. The number of benzene rings is 3. The quantitative estimate of drug-likeness (QED) is 0.338. The maximum atomic E-state index is 13.3. The van der Waals surface area contributed by atoms with Crippen molar-refractivity contribution in [3.8, 4) is 17.2 Å². The first-order valence-electron chi connectivity index (χ1n) is 9.32. The average molecular weight is 404 g/mol. The van der Waals surface area contributed by atoms with E-state index in [4.69, 9.17) is 14.2 Å². The Morgan fingerprint density at radius 3 is 2.53 bits per heavy atom. The molecule has 1 heterocycles. The number of ether oxygens (including phenoxy) is 3. The van der Waals surface area contributed by atoms with E-state index in [-0.39, 0.29) is 22.9 Å². The zero-order valence-electron chi connectivity index (χ0n) is 16.1. The van der Waals surface area contributed by atoms with Crippen molar-refractivity contribution in [1.82, 2.24) is 0 Å². The van der Waals surface area contributed by atoms with Crippen molar-refractivity contribution >= 4 is 17.8 Å². The van der Waals surface area contributed by atoms with Gasteiger partial charge in [-0.25, -0.2) is 9.18 Å². The molecule has 6 heteroatoms. The highest BCUT2D eigenvalue weighted by molar-refractivity contribution is 6.14. The van der Waals surface area contributed by atoms with Crippen molar-refractivity contribution in [2.45, 2.75) is 6.92 Å². The van der Waals surface area contributed by atoms with Crippen LogP contribution >= 0.6 is 0 Å². The average Bonchev–Trinajstić information content (AvgIpc) is 3.04. The third-order valence-electron chi connectivity index (χ3n) is 4.40. The number of hydrogen-bond donors (Lipinski definition) is 0. The van der Waals surface area contributed by atoms with Gasteiger partial charge in [0.05, 0.1) is 17.7 Å². The summed E-state index contributed by atoms with van der Waals surface area (Å²) in [6.45, 7) is 2.48. The van der Waals surface area contributed by atoms with E-state index in [2.05, 4.69) is 0 Å². The molecule has 1 aliphatic heterocycles. The fourth-order valence-corrected chi connectivity index (χ4v) is 2.99. The number of rotatable bonds is 5. The Balaban J connectivity index is 1.51. The van der Waals surface area contributed by atoms with Crippen LogP contribution in [-0.2, 0) is 0 Å². The standard InChI is InChI=1S/C24H17FO5/c1-2-28-18-8-6-15(7-9-18)12-22-23(26)20-11-10-19(14-21(20)30-22)29-24(27)16-4-3-5-17(25)13-16/h3-14H,2H2,1H3/b22-12-. The number of Topliss-reactive ketones (excluding diaryl/α,β-unsaturated/α-hetero) is 1. The second-order valence-electron chi connectivity index (χ2n) is 6.50. The summed E-state index contributed by atoms with van der Waals surface area (Å²) in [6.07, 6.45) is 1.64. The lowest BCUT2D eigenvalue weighted by Gasteiger charge is -2.06. The molecule has 0 saturated heterocycles. The third kappa shape index (κ3) is 4.07. The van der Waals surface area contributed by atoms with Crippen LogP contribution in [0.4, 0.5) is 4.39 Å². The molecule has 0 bridgehead atoms. The molecule has 0 fully saturated rings. The molecule has 1 aliphatic rings. The molecule has 0 radical (unpaired) electrons. The molecule has 0 unspecified atom stereocenters. The summed E-state index contributed by atoms with van der Waals surface area (Å²) < 4.78 is 29.7. The molecule has 4 rings (SSSR count). The highest BCUT2D eigenvalue weighted by Crippen LogP contribution is 2.35. The van der Waals surface area contributed by atoms with Gasteiger partial charge in [0, 0.05) is 6.07 Å². The molecule has 5 nitrogen and oxygen atoms in total. The van der Waals surface area contributed by atoms with Crippen LogP contribution in [0.15, 0.2) is 72.5 Å². The van der Waals surface area contributed by atoms with Gasteiger partial charge in [-0.1, -0.05) is 18.2 Å². The first-order valence-corrected chi connectivity index (χ1v) is 9.32. The minimum Gasteiger partial charge on any atom is -0.494 e. The maximum Gasteiger partial charge on any atom is 0.343 e. The molecule has 0 saturated carbocycles. The van der Waals surface area contributed by atoms with Gasteiger partial charge in [-0.3, -0.25) is 4.79 Å². The number of halogens is 1. The molecule has 30 heavy (non-hydrogen) atoms. The van der Waals surface area contributed by atoms with Gasteiger partial charge in [-0.2, -0.15) is 0 Å². The van der Waals surface area contributed by atoms with Crippen molar-refractivity contribution < 1.29 is 28.2 Å². The molecular weight excluding hydrogens is 387 g/mol. The van der Waals surface area contributed by atoms with Gasteiger partial charge in [-0.05, 0) is 61.0 Å². The van der Waals surface area contributed by atoms with Gasteiger partial charge in [0.25, 0.3) is 0 Å². The fraction of sp³-hybridized carbons (Fsp3) is 0.0833. The second-order valence-corrected chi connectivity index (χ2v) is 6.50. The number of hydrogen-bond acceptors (Lipinski definition) is 5. The Kier molecular flexibility index (Phi) is 5.30. The SMILES string of the molecule is CCOc1ccc(/C=C2\Oc3cc(OC(=O)c4cccc(F)c4)ccc3C2=O)cc1. The van der Waals surface area contributed by atoms with Crippen LogP contribution < -0.4 is 14.2 Å². The van der Waals surface area contributed by atoms with Crippen molar-refractivity contribution in [3.05, 3.63) is 95.0 Å². The van der Waals surface area contributed by atoms with Crippen molar-refractivity contribution in [2.24, 2.45) is 0 Å². The smallest absolute Gasteiger partial charge is 0.343 e. The van der Waals surface area contributed by atoms with Crippen LogP contribution in [0.3, 0.4) is 0 Å². The monoisotopic (exact) mass is 404 g/mol. The van der Waals surface area contributed by atoms with E-state index in [9.17, 15) is 14.0 Å². The van der Waals surface area contributed by atoms with E-state index >= 15 is 0 Å². The molecule has 0 aliphatic carbocycles. The number of carbonyl (C=O) groups excluding carboxylic acids is 2. The summed E-state index contributed by atoms with van der Waals surface area (Å²) in [5.41, 5.74) is 1.24. The van der Waals surface area contributed by atoms with E-state index in [1.54, 1.807) is 6.08 Å². The lowest BCUT2D eigenvalue weighted by molar-refractivity contribution is 0.0734. The first kappa shape index (κ1) is 19.4. The zero-order valence-corrected chi connectivity index (χ0v) is 16.1. The van der Waals surface area contributed by atoms with Gasteiger partial charge >= 0.3 is 5.97 Å². The number of fused-ring (bicyclic) bond motifs is 1. The molecule has 0 N–H and O–H groups in total. The van der Waals surface area contributed by atoms with Gasteiger partial charge in [0.15, 0.2) is 5.76 Å². The van der Waals surface area contributed by atoms with Gasteiger partial charge < -0.3 is 14.2 Å². The predicted octanol–water partition coefficient (Wildman–Crippen LogP) is 5.06. The highest BCUT2D eigenvalue weighted by Gasteiger charge is 2.28. The van der Waals surface area contributed by atoms with E-state index < -0.39 is 11.8 Å². The Labute approximate surface area is 172 Å². The largest absolute Gasteiger partial charge is 0.494 e. The van der Waals surface area contributed by atoms with Crippen molar-refractivity contribution in [3.63, 3.8) is 0 Å². The number of allylic oxidation sites excluding steroid dienone is 1. The molecule has 0 spiro atoms. The van der Waals surface area contributed by atoms with Crippen LogP contribution in [0.5, 0.6) is 17.2 Å². The number of carbonyl (C=O) groups is 2. The summed E-state index contributed by atoms with van der Waals surface area (Å²) >= 11 is 0. The van der Waals surface area contributed by atoms with Gasteiger partial charge in [0.1, 0.15) is 23.1 Å². The fourth-order valence-electron chi connectivity index (χ4n) is 2.99. The Morgan fingerprint density at radius 2 is 1.80 bits per heavy atom. The number of esters is 1. The van der Waals surface area contributed by atoms with Crippen molar-refractivity contribution in [2.75, 3.05) is 6.61 Å². The van der Waals surface area contributed by atoms with Crippen molar-refractivity contribution in [1.29, 1.82) is 0 Å². The normalized spacial score (nSPS) is 13.7. The lowest BCUT2D eigenvalue weighted by atomic mass is 10.1. The van der Waals surface area contributed by atoms with E-state index in [0.717, 1.165) is 17.4 Å². The lowest BCUT2D eigenvalue weighted by Crippen LogP contribution is -2.08. The molecule has 150 valence electrons. The Hall–Kier alpha value is -3.93. The Morgan fingerprint density at radius 1 is 1.03 bits per heavy atom. The second kappa shape index (κ2) is 8.21. The molecule has 0 amide bonds. The van der Waals surface area contributed by atoms with Crippen LogP contribution in [0.1, 0.15) is 33.2 Å². The van der Waals surface area contributed by atoms with E-state index in [1.807, 2.05) is 31.2 Å². The summed E-state index contributed by atoms with van der Waals surface area (Å²) in [5, 5.41) is 0. The minimum atomic E-state index is -0.705. The van der Waals surface area contributed by atoms with E-state index in [1.165, 1.54) is 36.4 Å². The molecular formula is C24H17FO5. The summed E-state index contributed by atoms with van der Waals surface area (Å²) in [7, 11) is 0. The van der Waals surface area contributed by atoms with Crippen LogP contribution in [0.2, 0.25) is 0 Å². The van der Waals surface area contributed by atoms with Crippen LogP contribution in [0, 0.1) is 5.82 Å². The van der Waals surface area contributed by atoms with Crippen LogP contribution in [-0.4, -0.2) is 18.4 Å². The summed E-state index contributed by atoms with van der Waals surface area (Å²) in [6, 6.07) is 17.0. The zero-order chi connectivity index (χ0) is 21.1. The Bertz CT molecular complexity index is 1150. The highest BCUT2D eigenvalue weighted by atomic mass is 19.1. The minimum absolute atomic E-state index is 0.0866. The van der Waals surface area contributed by atoms with Gasteiger partial charge in [0.2, 0.25) is 5.78 Å². The summed E-state index contributed by atoms with van der Waals surface area (Å²) in [5.74, 6) is -0.101. The number of ketones is 1. The predicted molar refractivity (Wildman–Crippen MR) is 108 cm³/mol. The van der Waals surface area contributed by atoms with Crippen LogP contribution in [0.25, 0.3) is 6.08 Å². The maximum absolute atomic E-state index is 13.3. The third-order valence-corrected chi connectivity index (χ3v) is 4.40. The molecule has 0 atom stereocenters. The summed E-state index contributed by atoms with van der Waals surface area (Å²) in [4.78, 5) is 24.8. The molecule has 3 aromatic carbocycles. The molecule has 3 aromatic rings. The molecule has 0 aromatic heterocycles. The van der Waals surface area contributed by atoms with Gasteiger partial charge in [-0.15, -0.1) is 0 Å². The van der Waals surface area contributed by atoms with E-state index in [0.29, 0.717) is 17.9 Å².